The summed E-state index contributed by atoms with van der Waals surface area (Å²) in [6.45, 7) is 4.19. The molecule has 0 amide bonds. The summed E-state index contributed by atoms with van der Waals surface area (Å²) in [6.07, 6.45) is 40.6. The number of phosphoric acid groups is 1. The van der Waals surface area contributed by atoms with Crippen molar-refractivity contribution in [2.24, 2.45) is 0 Å². The molecule has 55 heavy (non-hydrogen) atoms. The number of hydrogen-bond acceptors (Lipinski definition) is 8. The number of nitrogens with zero attached hydrogens (tertiary/aromatic N) is 1. The zero-order valence-electron chi connectivity index (χ0n) is 36.4. The fourth-order valence-corrected chi connectivity index (χ4v) is 6.84. The zero-order chi connectivity index (χ0) is 40.7. The van der Waals surface area contributed by atoms with E-state index in [-0.39, 0.29) is 32.0 Å². The van der Waals surface area contributed by atoms with E-state index in [1.165, 1.54) is 96.3 Å². The molecule has 0 aromatic rings. The fourth-order valence-electron chi connectivity index (χ4n) is 6.11. The quantitative estimate of drug-likeness (QED) is 0.0198. The van der Waals surface area contributed by atoms with Gasteiger partial charge >= 0.3 is 11.9 Å². The summed E-state index contributed by atoms with van der Waals surface area (Å²) in [5, 5.41) is 0. The fraction of sp³-hybridized carbons (Fsp3) is 0.867. The summed E-state index contributed by atoms with van der Waals surface area (Å²) in [4.78, 5) is 37.5. The van der Waals surface area contributed by atoms with Crippen LogP contribution in [0.15, 0.2) is 24.3 Å². The minimum Gasteiger partial charge on any atom is -0.756 e. The molecule has 0 heterocycles. The Hall–Kier alpha value is -1.51. The molecule has 2 atom stereocenters. The lowest BCUT2D eigenvalue weighted by Gasteiger charge is -2.28. The first-order valence-corrected chi connectivity index (χ1v) is 24.0. The average molecular weight is 800 g/mol. The van der Waals surface area contributed by atoms with Crippen LogP contribution in [-0.2, 0) is 32.7 Å². The molecule has 10 heteroatoms. The molecule has 0 bridgehead atoms. The molecule has 0 N–H and O–H groups in total. The molecular formula is C45H86NO8P. The van der Waals surface area contributed by atoms with Crippen LogP contribution in [0.25, 0.3) is 0 Å². The van der Waals surface area contributed by atoms with Gasteiger partial charge in [0.15, 0.2) is 6.10 Å². The van der Waals surface area contributed by atoms with Gasteiger partial charge in [-0.3, -0.25) is 14.2 Å². The highest BCUT2D eigenvalue weighted by atomic mass is 31.2. The molecule has 9 nitrogen and oxygen atoms in total. The minimum atomic E-state index is -4.62. The molecule has 0 spiro atoms. The Morgan fingerprint density at radius 1 is 0.545 bits per heavy atom. The highest BCUT2D eigenvalue weighted by molar-refractivity contribution is 7.45. The van der Waals surface area contributed by atoms with Crippen molar-refractivity contribution in [2.45, 2.75) is 206 Å². The number of allylic oxidation sites excluding steroid dienone is 4. The van der Waals surface area contributed by atoms with E-state index in [9.17, 15) is 19.0 Å². The Bertz CT molecular complexity index is 996. The summed E-state index contributed by atoms with van der Waals surface area (Å²) in [5.41, 5.74) is 0. The van der Waals surface area contributed by atoms with Gasteiger partial charge in [0.05, 0.1) is 27.7 Å². The second-order valence-electron chi connectivity index (χ2n) is 16.4. The van der Waals surface area contributed by atoms with E-state index < -0.39 is 26.5 Å². The first-order valence-electron chi connectivity index (χ1n) is 22.5. The van der Waals surface area contributed by atoms with Crippen molar-refractivity contribution in [3.05, 3.63) is 24.3 Å². The average Bonchev–Trinajstić information content (AvgIpc) is 3.13. The number of rotatable bonds is 41. The van der Waals surface area contributed by atoms with Gasteiger partial charge in [-0.2, -0.15) is 0 Å². The lowest BCUT2D eigenvalue weighted by Crippen LogP contribution is -2.37. The van der Waals surface area contributed by atoms with Crippen molar-refractivity contribution in [1.82, 2.24) is 0 Å². The maximum absolute atomic E-state index is 12.6. The third kappa shape index (κ3) is 41.9. The van der Waals surface area contributed by atoms with Gasteiger partial charge in [-0.25, -0.2) is 0 Å². The molecule has 0 saturated carbocycles. The Morgan fingerprint density at radius 3 is 1.38 bits per heavy atom. The van der Waals surface area contributed by atoms with Crippen molar-refractivity contribution in [3.8, 4) is 0 Å². The first kappa shape index (κ1) is 53.5. The molecule has 0 aliphatic carbocycles. The van der Waals surface area contributed by atoms with E-state index in [4.69, 9.17) is 18.5 Å². The van der Waals surface area contributed by atoms with Gasteiger partial charge in [0.25, 0.3) is 7.82 Å². The van der Waals surface area contributed by atoms with E-state index in [0.29, 0.717) is 17.4 Å². The van der Waals surface area contributed by atoms with E-state index in [2.05, 4.69) is 38.2 Å². The molecular weight excluding hydrogens is 713 g/mol. The molecule has 0 radical (unpaired) electrons. The number of hydrogen-bond donors (Lipinski definition) is 0. The normalized spacial score (nSPS) is 13.8. The summed E-state index contributed by atoms with van der Waals surface area (Å²) in [5.74, 6) is -0.846. The van der Waals surface area contributed by atoms with Crippen molar-refractivity contribution < 1.29 is 42.1 Å². The Labute approximate surface area is 339 Å². The van der Waals surface area contributed by atoms with Crippen LogP contribution < -0.4 is 4.89 Å². The molecule has 0 aliphatic heterocycles. The van der Waals surface area contributed by atoms with Crippen molar-refractivity contribution >= 4 is 19.8 Å². The highest BCUT2D eigenvalue weighted by Crippen LogP contribution is 2.38. The summed E-state index contributed by atoms with van der Waals surface area (Å²) < 4.78 is 33.9. The Morgan fingerprint density at radius 2 is 0.927 bits per heavy atom. The van der Waals surface area contributed by atoms with Gasteiger partial charge in [0, 0.05) is 12.8 Å². The SMILES string of the molecule is CCCCC/C=C\CCCCCCCC(=O)O[C@H](COC(=O)CCCCCCCCC/C=C\CCCCCCCCCC)COP(=O)([O-])OCC[N+](C)(C)C. The van der Waals surface area contributed by atoms with Crippen LogP contribution >= 0.6 is 7.82 Å². The number of likely N-dealkylation sites (N-methyl/N-ethyl adjacent to an activating group) is 1. The maximum atomic E-state index is 12.6. The lowest BCUT2D eigenvalue weighted by molar-refractivity contribution is -0.870. The first-order chi connectivity index (χ1) is 26.5. The molecule has 0 aliphatic rings. The number of carbonyl (C=O) groups is 2. The standard InChI is InChI=1S/C45H86NO8P/c1-6-8-10-12-14-16-18-20-21-22-23-24-25-26-28-29-31-33-35-37-44(47)51-41-43(42-53-55(49,50)52-40-39-46(3,4)5)54-45(48)38-36-34-32-30-27-19-17-15-13-11-9-7-2/h15,17,22-23,43H,6-14,16,18-21,24-42H2,1-5H3/b17-15-,23-22-/t43-/m1/s1. The van der Waals surface area contributed by atoms with E-state index in [0.717, 1.165) is 70.6 Å². The summed E-state index contributed by atoms with van der Waals surface area (Å²) in [6, 6.07) is 0. The molecule has 1 unspecified atom stereocenters. The van der Waals surface area contributed by atoms with Gasteiger partial charge in [-0.1, -0.05) is 147 Å². The molecule has 0 fully saturated rings. The maximum Gasteiger partial charge on any atom is 0.306 e. The van der Waals surface area contributed by atoms with Gasteiger partial charge in [0.2, 0.25) is 0 Å². The van der Waals surface area contributed by atoms with Gasteiger partial charge in [0.1, 0.15) is 19.8 Å². The summed E-state index contributed by atoms with van der Waals surface area (Å²) in [7, 11) is 1.16. The summed E-state index contributed by atoms with van der Waals surface area (Å²) >= 11 is 0. The number of carbonyl (C=O) groups excluding carboxylic acids is 2. The van der Waals surface area contributed by atoms with Crippen molar-refractivity contribution in [1.29, 1.82) is 0 Å². The van der Waals surface area contributed by atoms with Gasteiger partial charge < -0.3 is 27.9 Å². The van der Waals surface area contributed by atoms with Crippen LogP contribution in [0.4, 0.5) is 0 Å². The van der Waals surface area contributed by atoms with Gasteiger partial charge in [-0.15, -0.1) is 0 Å². The Kier molecular flexibility index (Phi) is 37.0. The zero-order valence-corrected chi connectivity index (χ0v) is 37.3. The van der Waals surface area contributed by atoms with E-state index >= 15 is 0 Å². The van der Waals surface area contributed by atoms with Crippen LogP contribution in [0, 0.1) is 0 Å². The number of esters is 2. The van der Waals surface area contributed by atoms with E-state index in [1.54, 1.807) is 0 Å². The van der Waals surface area contributed by atoms with Crippen molar-refractivity contribution in [3.63, 3.8) is 0 Å². The monoisotopic (exact) mass is 800 g/mol. The topological polar surface area (TPSA) is 111 Å². The van der Waals surface area contributed by atoms with Crippen LogP contribution in [0.1, 0.15) is 200 Å². The third-order valence-electron chi connectivity index (χ3n) is 9.69. The van der Waals surface area contributed by atoms with Crippen LogP contribution in [0.3, 0.4) is 0 Å². The van der Waals surface area contributed by atoms with Gasteiger partial charge in [-0.05, 0) is 64.2 Å². The number of quaternary nitrogens is 1. The molecule has 0 aromatic heterocycles. The van der Waals surface area contributed by atoms with Crippen LogP contribution in [0.2, 0.25) is 0 Å². The number of unbranched alkanes of at least 4 members (excludes halogenated alkanes) is 23. The predicted molar refractivity (Wildman–Crippen MR) is 227 cm³/mol. The van der Waals surface area contributed by atoms with Crippen LogP contribution in [0.5, 0.6) is 0 Å². The highest BCUT2D eigenvalue weighted by Gasteiger charge is 2.21. The molecule has 0 rings (SSSR count). The number of ether oxygens (including phenoxy) is 2. The van der Waals surface area contributed by atoms with Crippen molar-refractivity contribution in [2.75, 3.05) is 47.5 Å². The van der Waals surface area contributed by atoms with Crippen LogP contribution in [-0.4, -0.2) is 70.0 Å². The largest absolute Gasteiger partial charge is 0.756 e. The second-order valence-corrected chi connectivity index (χ2v) is 17.8. The third-order valence-corrected chi connectivity index (χ3v) is 10.7. The smallest absolute Gasteiger partial charge is 0.306 e. The number of phosphoric ester groups is 1. The molecule has 324 valence electrons. The molecule has 0 saturated heterocycles. The Balaban J connectivity index is 4.30. The molecule has 0 aromatic carbocycles. The minimum absolute atomic E-state index is 0.0320. The second kappa shape index (κ2) is 38.0. The lowest BCUT2D eigenvalue weighted by atomic mass is 10.1. The van der Waals surface area contributed by atoms with E-state index in [1.807, 2.05) is 21.1 Å². The predicted octanol–water partition coefficient (Wildman–Crippen LogP) is 12.1.